The van der Waals surface area contributed by atoms with Crippen LogP contribution in [0, 0.1) is 0 Å². The Kier molecular flexibility index (Phi) is 18.9. The number of carbonyl (C=O) groups is 1. The largest absolute Gasteiger partial charge is 0.494 e. The normalized spacial score (nSPS) is 12.2. The van der Waals surface area contributed by atoms with Crippen LogP contribution in [0.15, 0.2) is 66.9 Å². The number of pyridine rings is 1. The Morgan fingerprint density at radius 3 is 1.69 bits per heavy atom. The Morgan fingerprint density at radius 2 is 1.14 bits per heavy atom. The molecule has 0 aliphatic rings. The van der Waals surface area contributed by atoms with Gasteiger partial charge < -0.3 is 14.2 Å². The third-order valence-corrected chi connectivity index (χ3v) is 8.73. The molecule has 49 heavy (non-hydrogen) atoms. The summed E-state index contributed by atoms with van der Waals surface area (Å²) in [7, 11) is 0. The summed E-state index contributed by atoms with van der Waals surface area (Å²) in [6.07, 6.45) is 14.1. The summed E-state index contributed by atoms with van der Waals surface area (Å²) in [6, 6.07) is 19.4. The highest BCUT2D eigenvalue weighted by Crippen LogP contribution is 2.26. The molecule has 3 aromatic rings. The molecule has 3 rings (SSSR count). The number of esters is 1. The van der Waals surface area contributed by atoms with E-state index in [9.17, 15) is 18.0 Å². The van der Waals surface area contributed by atoms with E-state index in [1.807, 2.05) is 42.6 Å². The summed E-state index contributed by atoms with van der Waals surface area (Å²) < 4.78 is 53.5. The molecular weight excluding hydrogens is 627 g/mol. The first-order chi connectivity index (χ1) is 23.8. The lowest BCUT2D eigenvalue weighted by Gasteiger charge is -2.16. The standard InChI is InChI=1S/C41H56F3NO4/c1-3-4-5-6-7-8-9-10-11-13-17-30-48-38-26-23-34(24-27-38)37-25-28-39(45-32-37)35-19-21-36(22-20-35)40(46)49-31-18-15-12-14-16-29-47-33(2)41(42,43)44/h19-28,32-33H,3-18,29-31H2,1-2H3. The van der Waals surface area contributed by atoms with Gasteiger partial charge >= 0.3 is 12.1 Å². The van der Waals surface area contributed by atoms with Gasteiger partial charge in [0.1, 0.15) is 5.75 Å². The molecule has 0 radical (unpaired) electrons. The van der Waals surface area contributed by atoms with Gasteiger partial charge in [-0.15, -0.1) is 0 Å². The topological polar surface area (TPSA) is 57.7 Å². The number of aromatic nitrogens is 1. The molecule has 0 bridgehead atoms. The van der Waals surface area contributed by atoms with E-state index >= 15 is 0 Å². The first kappa shape index (κ1) is 40.0. The zero-order chi connectivity index (χ0) is 35.2. The molecule has 1 unspecified atom stereocenters. The van der Waals surface area contributed by atoms with Crippen LogP contribution >= 0.6 is 0 Å². The summed E-state index contributed by atoms with van der Waals surface area (Å²) in [5, 5.41) is 0. The number of benzene rings is 2. The molecule has 8 heteroatoms. The van der Waals surface area contributed by atoms with Crippen molar-refractivity contribution in [2.75, 3.05) is 19.8 Å². The van der Waals surface area contributed by atoms with Crippen molar-refractivity contribution in [2.24, 2.45) is 0 Å². The summed E-state index contributed by atoms with van der Waals surface area (Å²) >= 11 is 0. The van der Waals surface area contributed by atoms with E-state index < -0.39 is 12.3 Å². The van der Waals surface area contributed by atoms with E-state index in [0.29, 0.717) is 25.0 Å². The Bertz CT molecular complexity index is 1290. The van der Waals surface area contributed by atoms with E-state index in [-0.39, 0.29) is 12.6 Å². The highest BCUT2D eigenvalue weighted by molar-refractivity contribution is 5.90. The van der Waals surface area contributed by atoms with Crippen molar-refractivity contribution >= 4 is 5.97 Å². The molecule has 0 saturated heterocycles. The van der Waals surface area contributed by atoms with Crippen LogP contribution in [0.1, 0.15) is 127 Å². The maximum Gasteiger partial charge on any atom is 0.414 e. The number of hydrogen-bond acceptors (Lipinski definition) is 5. The lowest BCUT2D eigenvalue weighted by atomic mass is 10.0. The van der Waals surface area contributed by atoms with E-state index in [1.54, 1.807) is 12.1 Å². The molecule has 1 heterocycles. The second-order valence-electron chi connectivity index (χ2n) is 12.9. The molecule has 0 spiro atoms. The second kappa shape index (κ2) is 23.1. The molecule has 0 fully saturated rings. The minimum atomic E-state index is -4.32. The van der Waals surface area contributed by atoms with E-state index in [2.05, 4.69) is 24.0 Å². The van der Waals surface area contributed by atoms with Crippen LogP contribution in [0.4, 0.5) is 13.2 Å². The predicted octanol–water partition coefficient (Wildman–Crippen LogP) is 12.2. The van der Waals surface area contributed by atoms with E-state index in [1.165, 1.54) is 64.2 Å². The van der Waals surface area contributed by atoms with Crippen LogP contribution in [0.5, 0.6) is 5.75 Å². The van der Waals surface area contributed by atoms with Crippen LogP contribution in [0.3, 0.4) is 0 Å². The zero-order valence-corrected chi connectivity index (χ0v) is 29.6. The number of unbranched alkanes of at least 4 members (excludes halogenated alkanes) is 14. The number of carbonyl (C=O) groups excluding carboxylic acids is 1. The molecule has 0 aliphatic carbocycles. The van der Waals surface area contributed by atoms with Crippen LogP contribution in [0.2, 0.25) is 0 Å². The zero-order valence-electron chi connectivity index (χ0n) is 29.6. The van der Waals surface area contributed by atoms with E-state index in [0.717, 1.165) is 67.3 Å². The molecule has 2 aromatic carbocycles. The second-order valence-corrected chi connectivity index (χ2v) is 12.9. The quantitative estimate of drug-likeness (QED) is 0.0657. The molecule has 1 atom stereocenters. The lowest BCUT2D eigenvalue weighted by molar-refractivity contribution is -0.214. The van der Waals surface area contributed by atoms with Crippen molar-refractivity contribution in [3.05, 3.63) is 72.4 Å². The summed E-state index contributed by atoms with van der Waals surface area (Å²) in [5.41, 5.74) is 4.29. The number of nitrogens with zero attached hydrogens (tertiary/aromatic N) is 1. The number of ether oxygens (including phenoxy) is 3. The SMILES string of the molecule is CCCCCCCCCCCCCOc1ccc(-c2ccc(-c3ccc(C(=O)OCCCCCCCOC(C)C(F)(F)F)cc3)nc2)cc1. The first-order valence-corrected chi connectivity index (χ1v) is 18.4. The van der Waals surface area contributed by atoms with Gasteiger partial charge in [0.05, 0.1) is 24.5 Å². The molecular formula is C41H56F3NO4. The van der Waals surface area contributed by atoms with E-state index in [4.69, 9.17) is 14.2 Å². The van der Waals surface area contributed by atoms with Crippen molar-refractivity contribution in [2.45, 2.75) is 129 Å². The predicted molar refractivity (Wildman–Crippen MR) is 192 cm³/mol. The fraction of sp³-hybridized carbons (Fsp3) is 0.561. The maximum atomic E-state index is 12.4. The van der Waals surface area contributed by atoms with Crippen LogP contribution in [-0.4, -0.2) is 43.1 Å². The average Bonchev–Trinajstić information content (AvgIpc) is 3.11. The number of hydrogen-bond donors (Lipinski definition) is 0. The lowest BCUT2D eigenvalue weighted by Crippen LogP contribution is -2.28. The third kappa shape index (κ3) is 16.2. The molecule has 270 valence electrons. The Balaban J connectivity index is 1.28. The minimum absolute atomic E-state index is 0.0918. The Hall–Kier alpha value is -3.39. The molecule has 5 nitrogen and oxygen atoms in total. The highest BCUT2D eigenvalue weighted by atomic mass is 19.4. The van der Waals surface area contributed by atoms with Crippen LogP contribution < -0.4 is 4.74 Å². The fourth-order valence-corrected chi connectivity index (χ4v) is 5.55. The van der Waals surface area contributed by atoms with Crippen molar-refractivity contribution in [3.63, 3.8) is 0 Å². The first-order valence-electron chi connectivity index (χ1n) is 18.4. The Morgan fingerprint density at radius 1 is 0.633 bits per heavy atom. The van der Waals surface area contributed by atoms with Gasteiger partial charge in [0.2, 0.25) is 0 Å². The number of alkyl halides is 3. The molecule has 0 aliphatic heterocycles. The third-order valence-electron chi connectivity index (χ3n) is 8.73. The van der Waals surface area contributed by atoms with Gasteiger partial charge in [-0.3, -0.25) is 4.98 Å². The van der Waals surface area contributed by atoms with Crippen molar-refractivity contribution < 1.29 is 32.2 Å². The maximum absolute atomic E-state index is 12.4. The van der Waals surface area contributed by atoms with Gasteiger partial charge in [0.15, 0.2) is 6.10 Å². The Labute approximate surface area is 292 Å². The fourth-order valence-electron chi connectivity index (χ4n) is 5.55. The summed E-state index contributed by atoms with van der Waals surface area (Å²) in [5.74, 6) is 0.510. The number of halogens is 3. The van der Waals surface area contributed by atoms with Crippen molar-refractivity contribution in [1.29, 1.82) is 0 Å². The monoisotopic (exact) mass is 683 g/mol. The van der Waals surface area contributed by atoms with Crippen LogP contribution in [0.25, 0.3) is 22.4 Å². The van der Waals surface area contributed by atoms with Gasteiger partial charge in [-0.25, -0.2) is 4.79 Å². The van der Waals surface area contributed by atoms with Gasteiger partial charge in [-0.05, 0) is 62.1 Å². The summed E-state index contributed by atoms with van der Waals surface area (Å²) in [6.45, 7) is 4.43. The van der Waals surface area contributed by atoms with Crippen molar-refractivity contribution in [3.8, 4) is 28.1 Å². The molecule has 1 aromatic heterocycles. The smallest absolute Gasteiger partial charge is 0.414 e. The molecule has 0 N–H and O–H groups in total. The van der Waals surface area contributed by atoms with Crippen molar-refractivity contribution in [1.82, 2.24) is 4.98 Å². The van der Waals surface area contributed by atoms with Gasteiger partial charge in [0, 0.05) is 23.9 Å². The van der Waals surface area contributed by atoms with Gasteiger partial charge in [-0.1, -0.05) is 121 Å². The highest BCUT2D eigenvalue weighted by Gasteiger charge is 2.36. The molecule has 0 amide bonds. The summed E-state index contributed by atoms with van der Waals surface area (Å²) in [4.78, 5) is 17.1. The molecule has 0 saturated carbocycles. The van der Waals surface area contributed by atoms with Gasteiger partial charge in [-0.2, -0.15) is 13.2 Å². The number of rotatable bonds is 25. The van der Waals surface area contributed by atoms with Gasteiger partial charge in [0.25, 0.3) is 0 Å². The minimum Gasteiger partial charge on any atom is -0.494 e. The van der Waals surface area contributed by atoms with Crippen LogP contribution in [-0.2, 0) is 9.47 Å². The average molecular weight is 684 g/mol.